The Morgan fingerprint density at radius 1 is 1.67 bits per heavy atom. The molecule has 2 rings (SSSR count). The van der Waals surface area contributed by atoms with Crippen LogP contribution in [0.25, 0.3) is 0 Å². The number of rotatable bonds is 1. The number of nitrogens with one attached hydrogen (secondary N) is 1. The molecule has 1 fully saturated rings. The Kier molecular flexibility index (Phi) is 1.93. The molecule has 0 aliphatic carbocycles. The maximum atomic E-state index is 5.00. The second-order valence-electron chi connectivity index (χ2n) is 3.16. The van der Waals surface area contributed by atoms with Gasteiger partial charge in [-0.2, -0.15) is 5.21 Å². The molecule has 12 heavy (non-hydrogen) atoms. The Labute approximate surface area is 75.4 Å². The van der Waals surface area contributed by atoms with Gasteiger partial charge in [-0.3, -0.25) is 0 Å². The molecule has 1 aliphatic rings. The van der Waals surface area contributed by atoms with Crippen molar-refractivity contribution in [3.05, 3.63) is 4.77 Å². The Morgan fingerprint density at radius 3 is 3.00 bits per heavy atom. The van der Waals surface area contributed by atoms with Crippen LogP contribution in [0.1, 0.15) is 12.5 Å². The van der Waals surface area contributed by atoms with Gasteiger partial charge in [0.1, 0.15) is 0 Å². The number of likely N-dealkylation sites (N-methyl/N-ethyl adjacent to an activating group) is 1. The second-order valence-corrected chi connectivity index (χ2v) is 3.52. The Balaban J connectivity index is 2.21. The predicted octanol–water partition coefficient (Wildman–Crippen LogP) is 0.212. The molecule has 0 bridgehead atoms. The van der Waals surface area contributed by atoms with Crippen LogP contribution in [0.5, 0.6) is 0 Å². The van der Waals surface area contributed by atoms with Crippen LogP contribution >= 0.6 is 12.2 Å². The minimum Gasteiger partial charge on any atom is -0.304 e. The lowest BCUT2D eigenvalue weighted by Gasteiger charge is -2.09. The molecule has 1 aliphatic heterocycles. The largest absolute Gasteiger partial charge is 0.304 e. The van der Waals surface area contributed by atoms with Gasteiger partial charge in [0.2, 0.25) is 4.77 Å². The highest BCUT2D eigenvalue weighted by Crippen LogP contribution is 2.18. The monoisotopic (exact) mass is 185 g/mol. The third kappa shape index (κ3) is 1.27. The summed E-state index contributed by atoms with van der Waals surface area (Å²) in [6.07, 6.45) is 1.12. The average molecular weight is 185 g/mol. The van der Waals surface area contributed by atoms with Gasteiger partial charge < -0.3 is 4.90 Å². The van der Waals surface area contributed by atoms with E-state index in [-0.39, 0.29) is 0 Å². The minimum absolute atomic E-state index is 0.428. The fraction of sp³-hybridized carbons (Fsp3) is 0.833. The van der Waals surface area contributed by atoms with Gasteiger partial charge in [-0.15, -0.1) is 0 Å². The number of hydrogen-bond acceptors (Lipinski definition) is 4. The molecule has 0 radical (unpaired) electrons. The Hall–Kier alpha value is -0.750. The van der Waals surface area contributed by atoms with E-state index in [4.69, 9.17) is 12.2 Å². The van der Waals surface area contributed by atoms with Crippen molar-refractivity contribution in [3.63, 3.8) is 0 Å². The van der Waals surface area contributed by atoms with Crippen LogP contribution in [0.15, 0.2) is 0 Å². The number of H-pyrrole nitrogens is 1. The number of tetrazole rings is 1. The van der Waals surface area contributed by atoms with Crippen LogP contribution in [0.3, 0.4) is 0 Å². The average Bonchev–Trinajstić information content (AvgIpc) is 2.58. The second kappa shape index (κ2) is 2.95. The highest BCUT2D eigenvalue weighted by atomic mass is 32.1. The SMILES string of the molecule is CN1CCC(n2[nH]nnc2=S)C1. The molecule has 1 saturated heterocycles. The third-order valence-corrected chi connectivity index (χ3v) is 2.50. The summed E-state index contributed by atoms with van der Waals surface area (Å²) in [7, 11) is 2.10. The number of aromatic amines is 1. The molecule has 1 atom stereocenters. The van der Waals surface area contributed by atoms with E-state index in [1.54, 1.807) is 0 Å². The number of aromatic nitrogens is 4. The summed E-state index contributed by atoms with van der Waals surface area (Å²) in [6.45, 7) is 2.14. The highest BCUT2D eigenvalue weighted by molar-refractivity contribution is 7.71. The molecule has 1 aromatic rings. The van der Waals surface area contributed by atoms with Crippen LogP contribution < -0.4 is 0 Å². The van der Waals surface area contributed by atoms with Crippen molar-refractivity contribution in [3.8, 4) is 0 Å². The van der Waals surface area contributed by atoms with E-state index in [9.17, 15) is 0 Å². The number of nitrogens with zero attached hydrogens (tertiary/aromatic N) is 4. The Bertz CT molecular complexity index is 316. The van der Waals surface area contributed by atoms with Crippen molar-refractivity contribution in [1.82, 2.24) is 25.1 Å². The van der Waals surface area contributed by atoms with E-state index in [0.29, 0.717) is 10.8 Å². The maximum absolute atomic E-state index is 5.00. The molecule has 0 spiro atoms. The normalized spacial score (nSPS) is 24.9. The maximum Gasteiger partial charge on any atom is 0.238 e. The number of hydrogen-bond donors (Lipinski definition) is 1. The van der Waals surface area contributed by atoms with Crippen LogP contribution in [0.4, 0.5) is 0 Å². The summed E-state index contributed by atoms with van der Waals surface area (Å²) in [5.41, 5.74) is 0. The molecule has 0 saturated carbocycles. The van der Waals surface area contributed by atoms with Gasteiger partial charge in [-0.1, -0.05) is 10.3 Å². The van der Waals surface area contributed by atoms with Crippen molar-refractivity contribution in [2.75, 3.05) is 20.1 Å². The molecule has 0 aromatic carbocycles. The van der Waals surface area contributed by atoms with Gasteiger partial charge in [0.15, 0.2) is 0 Å². The minimum atomic E-state index is 0.428. The zero-order valence-corrected chi connectivity index (χ0v) is 7.71. The van der Waals surface area contributed by atoms with Crippen LogP contribution in [-0.2, 0) is 0 Å². The molecule has 1 unspecified atom stereocenters. The molecule has 2 heterocycles. The molecule has 1 aromatic heterocycles. The molecule has 66 valence electrons. The van der Waals surface area contributed by atoms with Crippen molar-refractivity contribution >= 4 is 12.2 Å². The van der Waals surface area contributed by atoms with E-state index < -0.39 is 0 Å². The van der Waals surface area contributed by atoms with E-state index in [1.165, 1.54) is 0 Å². The first-order valence-corrected chi connectivity index (χ1v) is 4.36. The lowest BCUT2D eigenvalue weighted by atomic mass is 10.3. The quantitative estimate of drug-likeness (QED) is 0.636. The molecule has 6 heteroatoms. The summed E-state index contributed by atoms with van der Waals surface area (Å²) in [5, 5.41) is 10.2. The van der Waals surface area contributed by atoms with Crippen LogP contribution in [0, 0.1) is 4.77 Å². The fourth-order valence-electron chi connectivity index (χ4n) is 1.56. The lowest BCUT2D eigenvalue weighted by Crippen LogP contribution is -2.17. The zero-order valence-electron chi connectivity index (χ0n) is 6.90. The van der Waals surface area contributed by atoms with Crippen molar-refractivity contribution in [2.24, 2.45) is 0 Å². The highest BCUT2D eigenvalue weighted by Gasteiger charge is 2.21. The van der Waals surface area contributed by atoms with E-state index in [2.05, 4.69) is 27.5 Å². The van der Waals surface area contributed by atoms with Gasteiger partial charge in [0.25, 0.3) is 0 Å². The van der Waals surface area contributed by atoms with Gasteiger partial charge in [-0.25, -0.2) is 4.68 Å². The number of likely N-dealkylation sites (tertiary alicyclic amines) is 1. The van der Waals surface area contributed by atoms with Crippen molar-refractivity contribution in [2.45, 2.75) is 12.5 Å². The summed E-state index contributed by atoms with van der Waals surface area (Å²) in [4.78, 5) is 2.27. The van der Waals surface area contributed by atoms with Crippen LogP contribution in [0.2, 0.25) is 0 Å². The van der Waals surface area contributed by atoms with Crippen molar-refractivity contribution < 1.29 is 0 Å². The van der Waals surface area contributed by atoms with Gasteiger partial charge in [0, 0.05) is 13.1 Å². The van der Waals surface area contributed by atoms with Gasteiger partial charge in [-0.05, 0) is 25.7 Å². The first kappa shape index (κ1) is 7.88. The third-order valence-electron chi connectivity index (χ3n) is 2.23. The first-order valence-electron chi connectivity index (χ1n) is 3.95. The van der Waals surface area contributed by atoms with Crippen LogP contribution in [-0.4, -0.2) is 45.2 Å². The summed E-state index contributed by atoms with van der Waals surface area (Å²) >= 11 is 5.00. The zero-order chi connectivity index (χ0) is 8.55. The van der Waals surface area contributed by atoms with E-state index in [1.807, 2.05) is 4.68 Å². The van der Waals surface area contributed by atoms with E-state index >= 15 is 0 Å². The van der Waals surface area contributed by atoms with E-state index in [0.717, 1.165) is 19.5 Å². The summed E-state index contributed by atoms with van der Waals surface area (Å²) < 4.78 is 2.41. The smallest absolute Gasteiger partial charge is 0.238 e. The summed E-state index contributed by atoms with van der Waals surface area (Å²) in [5.74, 6) is 0. The molecular formula is C6H11N5S. The van der Waals surface area contributed by atoms with Crippen molar-refractivity contribution in [1.29, 1.82) is 0 Å². The topological polar surface area (TPSA) is 49.7 Å². The summed E-state index contributed by atoms with van der Waals surface area (Å²) in [6, 6.07) is 0.428. The fourth-order valence-corrected chi connectivity index (χ4v) is 1.80. The lowest BCUT2D eigenvalue weighted by molar-refractivity contribution is 0.377. The van der Waals surface area contributed by atoms with Gasteiger partial charge in [0.05, 0.1) is 6.04 Å². The standard InChI is InChI=1S/C6H11N5S/c1-10-3-2-5(4-10)11-6(12)7-8-9-11/h5H,2-4H2,1H3,(H,7,9,12). The molecule has 0 amide bonds. The first-order chi connectivity index (χ1) is 5.77. The molecular weight excluding hydrogens is 174 g/mol. The molecule has 1 N–H and O–H groups in total. The van der Waals surface area contributed by atoms with Gasteiger partial charge >= 0.3 is 0 Å². The predicted molar refractivity (Wildman–Crippen MR) is 46.4 cm³/mol. The molecule has 5 nitrogen and oxygen atoms in total. The Morgan fingerprint density at radius 2 is 2.50 bits per heavy atom.